The third-order valence-electron chi connectivity index (χ3n) is 6.93. The van der Waals surface area contributed by atoms with Crippen molar-refractivity contribution in [1.29, 1.82) is 0 Å². The van der Waals surface area contributed by atoms with Crippen molar-refractivity contribution >= 4 is 56.1 Å². The van der Waals surface area contributed by atoms with Crippen LogP contribution in [0.4, 0.5) is 10.1 Å². The third kappa shape index (κ3) is 4.14. The van der Waals surface area contributed by atoms with Gasteiger partial charge in [-0.25, -0.2) is 9.38 Å². The van der Waals surface area contributed by atoms with Gasteiger partial charge in [-0.1, -0.05) is 79.9 Å². The minimum absolute atomic E-state index is 0.0333. The van der Waals surface area contributed by atoms with Gasteiger partial charge in [-0.2, -0.15) is 0 Å². The number of aliphatic imine (C=N–C) groups is 1. The number of hydrogen-bond acceptors (Lipinski definition) is 3. The van der Waals surface area contributed by atoms with Gasteiger partial charge in [0.15, 0.2) is 5.17 Å². The van der Waals surface area contributed by atoms with E-state index in [0.29, 0.717) is 10.1 Å². The quantitative estimate of drug-likeness (QED) is 0.219. The Labute approximate surface area is 208 Å². The van der Waals surface area contributed by atoms with Crippen molar-refractivity contribution in [2.24, 2.45) is 4.99 Å². The molecule has 5 heteroatoms. The minimum atomic E-state index is -0.380. The Hall–Kier alpha value is -3.44. The molecule has 1 saturated heterocycles. The van der Waals surface area contributed by atoms with Crippen LogP contribution >= 0.6 is 11.8 Å². The van der Waals surface area contributed by atoms with Gasteiger partial charge in [0.05, 0.1) is 4.91 Å². The first-order chi connectivity index (χ1) is 17.2. The van der Waals surface area contributed by atoms with Crippen LogP contribution in [0.3, 0.4) is 0 Å². The van der Waals surface area contributed by atoms with Crippen molar-refractivity contribution in [3.05, 3.63) is 95.1 Å². The highest BCUT2D eigenvalue weighted by Gasteiger charge is 2.39. The van der Waals surface area contributed by atoms with Crippen molar-refractivity contribution < 1.29 is 9.18 Å². The van der Waals surface area contributed by atoms with Gasteiger partial charge in [0.1, 0.15) is 11.5 Å². The van der Waals surface area contributed by atoms with Crippen LogP contribution in [0, 0.1) is 5.82 Å². The molecule has 0 aromatic heterocycles. The number of para-hydroxylation sites is 1. The summed E-state index contributed by atoms with van der Waals surface area (Å²) in [6.07, 6.45) is 7.30. The van der Waals surface area contributed by atoms with Crippen LogP contribution in [0.1, 0.15) is 37.7 Å². The predicted octanol–water partition coefficient (Wildman–Crippen LogP) is 8.07. The smallest absolute Gasteiger partial charge is 0.267 e. The maximum Gasteiger partial charge on any atom is 0.267 e. The van der Waals surface area contributed by atoms with Crippen molar-refractivity contribution in [2.75, 3.05) is 0 Å². The van der Waals surface area contributed by atoms with Gasteiger partial charge in [-0.3, -0.25) is 9.69 Å². The number of thioether (sulfide) groups is 1. The maximum atomic E-state index is 14.5. The van der Waals surface area contributed by atoms with E-state index in [1.165, 1.54) is 24.2 Å². The number of benzene rings is 4. The van der Waals surface area contributed by atoms with E-state index in [0.717, 1.165) is 52.8 Å². The zero-order valence-electron chi connectivity index (χ0n) is 19.3. The fourth-order valence-electron chi connectivity index (χ4n) is 5.21. The lowest BCUT2D eigenvalue weighted by Gasteiger charge is -2.30. The number of hydrogen-bond donors (Lipinski definition) is 0. The normalized spacial score (nSPS) is 19.5. The number of halogens is 1. The summed E-state index contributed by atoms with van der Waals surface area (Å²) in [7, 11) is 0. The lowest BCUT2D eigenvalue weighted by Crippen LogP contribution is -2.40. The first-order valence-corrected chi connectivity index (χ1v) is 13.0. The third-order valence-corrected chi connectivity index (χ3v) is 7.92. The number of nitrogens with zero attached hydrogens (tertiary/aromatic N) is 2. The van der Waals surface area contributed by atoms with Gasteiger partial charge in [-0.05, 0) is 76.0 Å². The van der Waals surface area contributed by atoms with Crippen LogP contribution in [-0.4, -0.2) is 22.0 Å². The average molecular weight is 481 g/mol. The molecule has 3 nitrogen and oxygen atoms in total. The number of rotatable bonds is 3. The molecular formula is C30H25FN2OS. The zero-order chi connectivity index (χ0) is 23.8. The van der Waals surface area contributed by atoms with E-state index < -0.39 is 0 Å². The van der Waals surface area contributed by atoms with Crippen molar-refractivity contribution in [1.82, 2.24) is 4.90 Å². The number of amides is 1. The van der Waals surface area contributed by atoms with E-state index >= 15 is 0 Å². The SMILES string of the molecule is O=C1/C(=C/c2c3ccccc3cc3ccccc23)SC(=Nc2ccccc2F)N1C1CCCCC1. The minimum Gasteiger partial charge on any atom is -0.283 e. The average Bonchev–Trinajstić information content (AvgIpc) is 3.20. The Morgan fingerprint density at radius 3 is 2.17 bits per heavy atom. The van der Waals surface area contributed by atoms with Crippen LogP contribution < -0.4 is 0 Å². The summed E-state index contributed by atoms with van der Waals surface area (Å²) in [6.45, 7) is 0. The lowest BCUT2D eigenvalue weighted by molar-refractivity contribution is -0.124. The Balaban J connectivity index is 1.50. The van der Waals surface area contributed by atoms with Gasteiger partial charge in [0.2, 0.25) is 0 Å². The Kier molecular flexibility index (Phi) is 5.86. The van der Waals surface area contributed by atoms with Gasteiger partial charge in [0.25, 0.3) is 5.91 Å². The maximum absolute atomic E-state index is 14.5. The summed E-state index contributed by atoms with van der Waals surface area (Å²) >= 11 is 1.36. The van der Waals surface area contributed by atoms with Crippen LogP contribution in [0.2, 0.25) is 0 Å². The highest BCUT2D eigenvalue weighted by atomic mass is 32.2. The van der Waals surface area contributed by atoms with E-state index in [1.54, 1.807) is 18.2 Å². The zero-order valence-corrected chi connectivity index (χ0v) is 20.1. The molecule has 1 aliphatic carbocycles. The van der Waals surface area contributed by atoms with Crippen LogP contribution in [-0.2, 0) is 4.79 Å². The highest BCUT2D eigenvalue weighted by molar-refractivity contribution is 8.18. The van der Waals surface area contributed by atoms with Crippen molar-refractivity contribution in [3.8, 4) is 0 Å². The molecule has 1 heterocycles. The molecule has 1 amide bonds. The Morgan fingerprint density at radius 1 is 0.857 bits per heavy atom. The van der Waals surface area contributed by atoms with Gasteiger partial charge in [0, 0.05) is 6.04 Å². The topological polar surface area (TPSA) is 32.7 Å². The van der Waals surface area contributed by atoms with E-state index in [4.69, 9.17) is 0 Å². The standard InChI is InChI=1S/C30H25FN2OS/c31-26-16-8-9-17-27(26)32-30-33(22-12-2-1-3-13-22)29(34)28(35-30)19-25-23-14-6-4-10-20(23)18-21-11-5-7-15-24(21)25/h4-11,14-19,22H,1-3,12-13H2/b28-19-,32-30?. The summed E-state index contributed by atoms with van der Waals surface area (Å²) in [4.78, 5) is 20.9. The second-order valence-corrected chi connectivity index (χ2v) is 10.2. The van der Waals surface area contributed by atoms with Crippen LogP contribution in [0.25, 0.3) is 27.6 Å². The van der Waals surface area contributed by atoms with E-state index in [9.17, 15) is 9.18 Å². The van der Waals surface area contributed by atoms with Gasteiger partial charge >= 0.3 is 0 Å². The summed E-state index contributed by atoms with van der Waals surface area (Å²) in [5.74, 6) is -0.414. The van der Waals surface area contributed by atoms with Crippen molar-refractivity contribution in [3.63, 3.8) is 0 Å². The molecular weight excluding hydrogens is 455 g/mol. The van der Waals surface area contributed by atoms with Crippen molar-refractivity contribution in [2.45, 2.75) is 38.1 Å². The van der Waals surface area contributed by atoms with Gasteiger partial charge < -0.3 is 0 Å². The predicted molar refractivity (Wildman–Crippen MR) is 144 cm³/mol. The molecule has 0 N–H and O–H groups in total. The highest BCUT2D eigenvalue weighted by Crippen LogP contribution is 2.40. The first kappa shape index (κ1) is 22.1. The molecule has 35 heavy (non-hydrogen) atoms. The second kappa shape index (κ2) is 9.31. The molecule has 0 radical (unpaired) electrons. The number of fused-ring (bicyclic) bond motifs is 2. The molecule has 1 saturated carbocycles. The molecule has 2 aliphatic rings. The van der Waals surface area contributed by atoms with E-state index in [1.807, 2.05) is 35.2 Å². The lowest BCUT2D eigenvalue weighted by atomic mass is 9.94. The molecule has 1 aliphatic heterocycles. The summed E-state index contributed by atoms with van der Waals surface area (Å²) < 4.78 is 14.5. The Morgan fingerprint density at radius 2 is 1.49 bits per heavy atom. The molecule has 0 spiro atoms. The summed E-state index contributed by atoms with van der Waals surface area (Å²) in [6, 6.07) is 25.3. The number of carbonyl (C=O) groups is 1. The van der Waals surface area contributed by atoms with E-state index in [2.05, 4.69) is 35.3 Å². The summed E-state index contributed by atoms with van der Waals surface area (Å²) in [5, 5.41) is 5.06. The fraction of sp³-hybridized carbons (Fsp3) is 0.200. The fourth-order valence-corrected chi connectivity index (χ4v) is 6.24. The van der Waals surface area contributed by atoms with Crippen LogP contribution in [0.15, 0.2) is 88.8 Å². The molecule has 2 fully saturated rings. The van der Waals surface area contributed by atoms with Gasteiger partial charge in [-0.15, -0.1) is 0 Å². The largest absolute Gasteiger partial charge is 0.283 e. The molecule has 4 aromatic carbocycles. The Bertz CT molecular complexity index is 1450. The number of carbonyl (C=O) groups excluding carboxylic acids is 1. The molecule has 4 aromatic rings. The molecule has 0 bridgehead atoms. The molecule has 6 rings (SSSR count). The summed E-state index contributed by atoms with van der Waals surface area (Å²) in [5.41, 5.74) is 1.30. The second-order valence-electron chi connectivity index (χ2n) is 9.16. The van der Waals surface area contributed by atoms with E-state index in [-0.39, 0.29) is 23.5 Å². The monoisotopic (exact) mass is 480 g/mol. The molecule has 0 atom stereocenters. The molecule has 174 valence electrons. The first-order valence-electron chi connectivity index (χ1n) is 12.2. The van der Waals surface area contributed by atoms with Crippen LogP contribution in [0.5, 0.6) is 0 Å². The molecule has 0 unspecified atom stereocenters. The number of amidine groups is 1.